The van der Waals surface area contributed by atoms with Crippen LogP contribution in [0.1, 0.15) is 11.1 Å². The van der Waals surface area contributed by atoms with E-state index in [0.29, 0.717) is 15.9 Å². The topological polar surface area (TPSA) is 12.9 Å². The summed E-state index contributed by atoms with van der Waals surface area (Å²) in [6.07, 6.45) is 4.03. The van der Waals surface area contributed by atoms with E-state index < -0.39 is 0 Å². The lowest BCUT2D eigenvalue weighted by atomic mass is 10.1. The summed E-state index contributed by atoms with van der Waals surface area (Å²) in [5, 5.41) is 0.610. The zero-order valence-electron chi connectivity index (χ0n) is 8.25. The van der Waals surface area contributed by atoms with E-state index in [0.717, 1.165) is 11.1 Å². The van der Waals surface area contributed by atoms with Crippen molar-refractivity contribution in [3.05, 3.63) is 63.1 Å². The van der Waals surface area contributed by atoms with Crippen molar-refractivity contribution in [1.82, 2.24) is 4.98 Å². The van der Waals surface area contributed by atoms with E-state index in [2.05, 4.69) is 20.9 Å². The van der Waals surface area contributed by atoms with Crippen LogP contribution in [0.25, 0.3) is 0 Å². The van der Waals surface area contributed by atoms with Gasteiger partial charge in [-0.2, -0.15) is 0 Å². The van der Waals surface area contributed by atoms with Crippen molar-refractivity contribution in [1.29, 1.82) is 0 Å². The van der Waals surface area contributed by atoms with Gasteiger partial charge in [-0.3, -0.25) is 4.98 Å². The van der Waals surface area contributed by atoms with E-state index in [9.17, 15) is 4.39 Å². The molecule has 0 N–H and O–H groups in total. The van der Waals surface area contributed by atoms with Crippen molar-refractivity contribution in [2.75, 3.05) is 0 Å². The van der Waals surface area contributed by atoms with Gasteiger partial charge in [0.2, 0.25) is 0 Å². The molecule has 1 nitrogen and oxygen atoms in total. The number of aromatic nitrogens is 1. The van der Waals surface area contributed by atoms with Gasteiger partial charge in [-0.1, -0.05) is 17.7 Å². The van der Waals surface area contributed by atoms with Crippen molar-refractivity contribution >= 4 is 27.5 Å². The molecular weight excluding hydrogens is 292 g/mol. The molecule has 82 valence electrons. The number of benzene rings is 1. The zero-order chi connectivity index (χ0) is 11.5. The van der Waals surface area contributed by atoms with Crippen LogP contribution in [0.2, 0.25) is 5.02 Å². The molecule has 0 fully saturated rings. The van der Waals surface area contributed by atoms with Crippen LogP contribution in [0.15, 0.2) is 41.1 Å². The van der Waals surface area contributed by atoms with Crippen molar-refractivity contribution < 1.29 is 4.39 Å². The highest BCUT2D eigenvalue weighted by Crippen LogP contribution is 2.19. The maximum absolute atomic E-state index is 13.0. The molecule has 1 aromatic carbocycles. The van der Waals surface area contributed by atoms with Crippen LogP contribution in [0.3, 0.4) is 0 Å². The molecule has 0 bridgehead atoms. The molecule has 0 aliphatic heterocycles. The predicted octanol–water partition coefficient (Wildman–Crippen LogP) is 4.23. The van der Waals surface area contributed by atoms with Crippen molar-refractivity contribution in [2.24, 2.45) is 0 Å². The largest absolute Gasteiger partial charge is 0.263 e. The van der Waals surface area contributed by atoms with E-state index in [4.69, 9.17) is 11.6 Å². The minimum absolute atomic E-state index is 0.257. The normalized spacial score (nSPS) is 10.4. The zero-order valence-corrected chi connectivity index (χ0v) is 10.6. The van der Waals surface area contributed by atoms with Crippen LogP contribution < -0.4 is 0 Å². The molecule has 16 heavy (non-hydrogen) atoms. The summed E-state index contributed by atoms with van der Waals surface area (Å²) in [6, 6.07) is 6.81. The molecule has 0 aliphatic rings. The quantitative estimate of drug-likeness (QED) is 0.809. The van der Waals surface area contributed by atoms with Crippen LogP contribution in [0.5, 0.6) is 0 Å². The van der Waals surface area contributed by atoms with E-state index in [1.165, 1.54) is 6.07 Å². The summed E-state index contributed by atoms with van der Waals surface area (Å²) in [5.74, 6) is -0.257. The lowest BCUT2D eigenvalue weighted by Gasteiger charge is -2.03. The predicted molar refractivity (Wildman–Crippen MR) is 66.2 cm³/mol. The molecule has 0 amide bonds. The molecule has 0 atom stereocenters. The summed E-state index contributed by atoms with van der Waals surface area (Å²) in [7, 11) is 0. The van der Waals surface area contributed by atoms with Gasteiger partial charge in [-0.25, -0.2) is 4.39 Å². The third kappa shape index (κ3) is 2.80. The van der Waals surface area contributed by atoms with Crippen LogP contribution in [0, 0.1) is 5.82 Å². The molecule has 1 heterocycles. The molecular formula is C12H8BrClFN. The smallest absolute Gasteiger partial charge is 0.137 e. The third-order valence-corrected chi connectivity index (χ3v) is 2.97. The Bertz CT molecular complexity index is 516. The van der Waals surface area contributed by atoms with Gasteiger partial charge in [0.25, 0.3) is 0 Å². The minimum atomic E-state index is -0.257. The number of pyridine rings is 1. The Balaban J connectivity index is 2.24. The number of hydrogen-bond acceptors (Lipinski definition) is 1. The Hall–Kier alpha value is -0.930. The van der Waals surface area contributed by atoms with Crippen molar-refractivity contribution in [3.63, 3.8) is 0 Å². The SMILES string of the molecule is Fc1ccc(Cc2cncc(Cl)c2)cc1Br. The Morgan fingerprint density at radius 2 is 2.00 bits per heavy atom. The van der Waals surface area contributed by atoms with Crippen LogP contribution >= 0.6 is 27.5 Å². The second-order valence-electron chi connectivity index (χ2n) is 3.44. The molecule has 0 unspecified atom stereocenters. The maximum atomic E-state index is 13.0. The fraction of sp³-hybridized carbons (Fsp3) is 0.0833. The summed E-state index contributed by atoms with van der Waals surface area (Å²) >= 11 is 8.99. The first-order chi connectivity index (χ1) is 7.65. The van der Waals surface area contributed by atoms with Gasteiger partial charge in [0.1, 0.15) is 5.82 Å². The highest BCUT2D eigenvalue weighted by atomic mass is 79.9. The van der Waals surface area contributed by atoms with Gasteiger partial charge < -0.3 is 0 Å². The highest BCUT2D eigenvalue weighted by molar-refractivity contribution is 9.10. The average molecular weight is 301 g/mol. The lowest BCUT2D eigenvalue weighted by molar-refractivity contribution is 0.620. The first kappa shape index (κ1) is 11.6. The van der Waals surface area contributed by atoms with Crippen molar-refractivity contribution in [3.8, 4) is 0 Å². The van der Waals surface area contributed by atoms with Crippen LogP contribution in [0.4, 0.5) is 4.39 Å². The monoisotopic (exact) mass is 299 g/mol. The summed E-state index contributed by atoms with van der Waals surface area (Å²) in [4.78, 5) is 4.00. The molecule has 2 rings (SSSR count). The average Bonchev–Trinajstić information content (AvgIpc) is 2.24. The first-order valence-electron chi connectivity index (χ1n) is 4.68. The Kier molecular flexibility index (Phi) is 3.56. The molecule has 0 radical (unpaired) electrons. The molecule has 2 aromatic rings. The maximum Gasteiger partial charge on any atom is 0.137 e. The van der Waals surface area contributed by atoms with Crippen LogP contribution in [-0.2, 0) is 6.42 Å². The highest BCUT2D eigenvalue weighted by Gasteiger charge is 2.02. The van der Waals surface area contributed by atoms with Crippen molar-refractivity contribution in [2.45, 2.75) is 6.42 Å². The van der Waals surface area contributed by atoms with Gasteiger partial charge >= 0.3 is 0 Å². The lowest BCUT2D eigenvalue weighted by Crippen LogP contribution is -1.90. The van der Waals surface area contributed by atoms with Gasteiger partial charge in [0, 0.05) is 12.4 Å². The van der Waals surface area contributed by atoms with Gasteiger partial charge in [-0.15, -0.1) is 0 Å². The molecule has 0 saturated heterocycles. The van der Waals surface area contributed by atoms with Gasteiger partial charge in [0.05, 0.1) is 9.50 Å². The summed E-state index contributed by atoms with van der Waals surface area (Å²) in [6.45, 7) is 0. The molecule has 1 aromatic heterocycles. The number of hydrogen-bond donors (Lipinski definition) is 0. The number of nitrogens with zero attached hydrogens (tertiary/aromatic N) is 1. The van der Waals surface area contributed by atoms with E-state index in [1.54, 1.807) is 24.5 Å². The number of rotatable bonds is 2. The summed E-state index contributed by atoms with van der Waals surface area (Å²) < 4.78 is 13.5. The second kappa shape index (κ2) is 4.93. The Labute approximate surface area is 106 Å². The Morgan fingerprint density at radius 3 is 2.69 bits per heavy atom. The first-order valence-corrected chi connectivity index (χ1v) is 5.85. The van der Waals surface area contributed by atoms with Gasteiger partial charge in [-0.05, 0) is 51.7 Å². The fourth-order valence-corrected chi connectivity index (χ4v) is 2.06. The summed E-state index contributed by atoms with van der Waals surface area (Å²) in [5.41, 5.74) is 2.02. The molecule has 0 spiro atoms. The minimum Gasteiger partial charge on any atom is -0.263 e. The molecule has 0 saturated carbocycles. The third-order valence-electron chi connectivity index (χ3n) is 2.15. The van der Waals surface area contributed by atoms with E-state index >= 15 is 0 Å². The number of halogens is 3. The Morgan fingerprint density at radius 1 is 1.19 bits per heavy atom. The van der Waals surface area contributed by atoms with E-state index in [1.807, 2.05) is 6.07 Å². The molecule has 0 aliphatic carbocycles. The van der Waals surface area contributed by atoms with Gasteiger partial charge in [0.15, 0.2) is 0 Å². The van der Waals surface area contributed by atoms with Crippen LogP contribution in [-0.4, -0.2) is 4.98 Å². The standard InChI is InChI=1S/C12H8BrClFN/c13-11-5-8(1-2-12(11)15)3-9-4-10(14)7-16-6-9/h1-2,4-7H,3H2. The second-order valence-corrected chi connectivity index (χ2v) is 4.73. The fourth-order valence-electron chi connectivity index (χ4n) is 1.44. The van der Waals surface area contributed by atoms with E-state index in [-0.39, 0.29) is 5.82 Å². The molecule has 4 heteroatoms.